The highest BCUT2D eigenvalue weighted by Gasteiger charge is 2.58. The first-order valence-electron chi connectivity index (χ1n) is 7.32. The highest BCUT2D eigenvalue weighted by molar-refractivity contribution is 6.29. The van der Waals surface area contributed by atoms with Gasteiger partial charge in [0, 0.05) is 24.1 Å². The second-order valence-corrected chi connectivity index (χ2v) is 7.28. The van der Waals surface area contributed by atoms with Gasteiger partial charge in [0.15, 0.2) is 0 Å². The van der Waals surface area contributed by atoms with Gasteiger partial charge < -0.3 is 5.32 Å². The van der Waals surface area contributed by atoms with Crippen LogP contribution in [0.2, 0.25) is 0 Å². The van der Waals surface area contributed by atoms with E-state index in [1.807, 2.05) is 0 Å². The molecule has 0 aromatic carbocycles. The topological polar surface area (TPSA) is 41.5 Å². The van der Waals surface area contributed by atoms with Crippen molar-refractivity contribution in [2.45, 2.75) is 57.5 Å². The lowest BCUT2D eigenvalue weighted by atomic mass is 9.51. The Labute approximate surface area is 120 Å². The molecule has 3 rings (SSSR count). The number of carbonyl (C=O) groups is 1. The number of rotatable bonds is 2. The van der Waals surface area contributed by atoms with E-state index in [1.165, 1.54) is 12.8 Å². The standard InChI is InChI=1S/C15H23ClN2O/c1-9(19)17-15(3)10-4-5-14(2)11(6-10)7-12(15)13(8-16)18-14/h10-12H,4-8H2,1-3H3,(H,17,19)/t10?,11?,12?,14-,15+/m1/s1. The summed E-state index contributed by atoms with van der Waals surface area (Å²) in [5, 5.41) is 3.24. The van der Waals surface area contributed by atoms with Crippen molar-refractivity contribution in [3.63, 3.8) is 0 Å². The Bertz CT molecular complexity index is 449. The smallest absolute Gasteiger partial charge is 0.217 e. The first-order valence-corrected chi connectivity index (χ1v) is 7.86. The minimum absolute atomic E-state index is 0.0637. The van der Waals surface area contributed by atoms with E-state index in [2.05, 4.69) is 19.2 Å². The lowest BCUT2D eigenvalue weighted by molar-refractivity contribution is -0.123. The van der Waals surface area contributed by atoms with E-state index in [0.29, 0.717) is 23.6 Å². The van der Waals surface area contributed by atoms with Crippen molar-refractivity contribution in [1.82, 2.24) is 5.32 Å². The van der Waals surface area contributed by atoms with Gasteiger partial charge in [0.2, 0.25) is 5.91 Å². The van der Waals surface area contributed by atoms with Crippen LogP contribution >= 0.6 is 11.6 Å². The van der Waals surface area contributed by atoms with Gasteiger partial charge in [0.1, 0.15) is 0 Å². The molecule has 0 radical (unpaired) electrons. The molecule has 1 N–H and O–H groups in total. The number of nitrogens with one attached hydrogen (secondary N) is 1. The summed E-state index contributed by atoms with van der Waals surface area (Å²) < 4.78 is 0. The number of hydrogen-bond acceptors (Lipinski definition) is 2. The van der Waals surface area contributed by atoms with E-state index in [9.17, 15) is 4.79 Å². The van der Waals surface area contributed by atoms with Gasteiger partial charge in [-0.05, 0) is 51.4 Å². The van der Waals surface area contributed by atoms with Crippen molar-refractivity contribution in [2.75, 3.05) is 5.88 Å². The highest BCUT2D eigenvalue weighted by atomic mass is 35.5. The molecule has 19 heavy (non-hydrogen) atoms. The molecule has 1 heterocycles. The second kappa shape index (κ2) is 4.21. The van der Waals surface area contributed by atoms with E-state index < -0.39 is 0 Å². The van der Waals surface area contributed by atoms with Crippen LogP contribution in [0.1, 0.15) is 46.5 Å². The van der Waals surface area contributed by atoms with E-state index in [4.69, 9.17) is 16.6 Å². The zero-order chi connectivity index (χ0) is 13.8. The van der Waals surface area contributed by atoms with Crippen molar-refractivity contribution in [3.8, 4) is 0 Å². The van der Waals surface area contributed by atoms with Crippen LogP contribution < -0.4 is 5.32 Å². The Morgan fingerprint density at radius 3 is 2.79 bits per heavy atom. The lowest BCUT2D eigenvalue weighted by Crippen LogP contribution is -2.67. The van der Waals surface area contributed by atoms with Crippen LogP contribution in [-0.2, 0) is 4.79 Å². The highest BCUT2D eigenvalue weighted by Crippen LogP contribution is 2.56. The fraction of sp³-hybridized carbons (Fsp3) is 0.867. The average Bonchev–Trinajstić information content (AvgIpc) is 2.34. The lowest BCUT2D eigenvalue weighted by Gasteiger charge is -2.60. The molecule has 3 bridgehead atoms. The second-order valence-electron chi connectivity index (χ2n) is 7.01. The van der Waals surface area contributed by atoms with Crippen molar-refractivity contribution >= 4 is 23.2 Å². The first kappa shape index (κ1) is 13.4. The zero-order valence-corrected chi connectivity index (χ0v) is 12.8. The van der Waals surface area contributed by atoms with Gasteiger partial charge in [0.05, 0.1) is 11.4 Å². The molecular weight excluding hydrogens is 260 g/mol. The molecule has 0 aromatic heterocycles. The number of aliphatic imine (C=N–C) groups is 1. The third-order valence-electron chi connectivity index (χ3n) is 5.92. The number of hydrogen-bond donors (Lipinski definition) is 1. The molecule has 2 aliphatic carbocycles. The van der Waals surface area contributed by atoms with Gasteiger partial charge in [-0.1, -0.05) is 0 Å². The first-order chi connectivity index (χ1) is 8.89. The Kier molecular flexibility index (Phi) is 2.97. The number of fused-ring (bicyclic) bond motifs is 2. The third kappa shape index (κ3) is 1.84. The molecule has 2 saturated carbocycles. The van der Waals surface area contributed by atoms with Gasteiger partial charge in [-0.25, -0.2) is 0 Å². The molecule has 1 aliphatic heterocycles. The molecule has 4 heteroatoms. The number of halogens is 1. The van der Waals surface area contributed by atoms with Crippen molar-refractivity contribution in [1.29, 1.82) is 0 Å². The van der Waals surface area contributed by atoms with Crippen molar-refractivity contribution in [3.05, 3.63) is 0 Å². The minimum Gasteiger partial charge on any atom is -0.350 e. The Morgan fingerprint density at radius 2 is 2.16 bits per heavy atom. The van der Waals surface area contributed by atoms with Crippen LogP contribution in [0.25, 0.3) is 0 Å². The largest absolute Gasteiger partial charge is 0.350 e. The summed E-state index contributed by atoms with van der Waals surface area (Å²) in [6, 6.07) is 0. The van der Waals surface area contributed by atoms with Gasteiger partial charge in [0.25, 0.3) is 0 Å². The molecule has 1 amide bonds. The number of alkyl halides is 1. The predicted octanol–water partition coefficient (Wildman–Crippen LogP) is 2.77. The molecule has 0 saturated heterocycles. The van der Waals surface area contributed by atoms with Gasteiger partial charge in [-0.3, -0.25) is 9.79 Å². The molecule has 0 aromatic rings. The maximum atomic E-state index is 11.6. The van der Waals surface area contributed by atoms with Crippen molar-refractivity contribution in [2.24, 2.45) is 22.7 Å². The number of nitrogens with zero attached hydrogens (tertiary/aromatic N) is 1. The summed E-state index contributed by atoms with van der Waals surface area (Å²) in [5.41, 5.74) is 1.06. The van der Waals surface area contributed by atoms with Crippen LogP contribution in [-0.4, -0.2) is 28.6 Å². The summed E-state index contributed by atoms with van der Waals surface area (Å²) >= 11 is 6.15. The number of carbonyl (C=O) groups excluding carboxylic acids is 1. The van der Waals surface area contributed by atoms with E-state index >= 15 is 0 Å². The molecular formula is C15H23ClN2O. The van der Waals surface area contributed by atoms with E-state index in [-0.39, 0.29) is 17.0 Å². The van der Waals surface area contributed by atoms with Crippen LogP contribution in [0.5, 0.6) is 0 Å². The van der Waals surface area contributed by atoms with Gasteiger partial charge in [-0.2, -0.15) is 0 Å². The molecule has 0 spiro atoms. The Morgan fingerprint density at radius 1 is 1.42 bits per heavy atom. The fourth-order valence-corrected chi connectivity index (χ4v) is 5.07. The van der Waals surface area contributed by atoms with Crippen LogP contribution in [0.15, 0.2) is 4.99 Å². The number of amides is 1. The quantitative estimate of drug-likeness (QED) is 0.778. The van der Waals surface area contributed by atoms with Crippen LogP contribution in [0, 0.1) is 17.8 Å². The molecule has 5 atom stereocenters. The monoisotopic (exact) mass is 282 g/mol. The third-order valence-corrected chi connectivity index (χ3v) is 6.20. The van der Waals surface area contributed by atoms with Gasteiger partial charge >= 0.3 is 0 Å². The molecule has 106 valence electrons. The van der Waals surface area contributed by atoms with Crippen molar-refractivity contribution < 1.29 is 4.79 Å². The average molecular weight is 283 g/mol. The maximum absolute atomic E-state index is 11.6. The summed E-state index contributed by atoms with van der Waals surface area (Å²) in [7, 11) is 0. The summed E-state index contributed by atoms with van der Waals surface area (Å²) in [4.78, 5) is 16.6. The fourth-order valence-electron chi connectivity index (χ4n) is 4.82. The molecule has 2 fully saturated rings. The maximum Gasteiger partial charge on any atom is 0.217 e. The molecule has 3 unspecified atom stereocenters. The molecule has 3 aliphatic rings. The summed E-state index contributed by atoms with van der Waals surface area (Å²) in [6.45, 7) is 6.11. The Balaban J connectivity index is 2.05. The summed E-state index contributed by atoms with van der Waals surface area (Å²) in [5.74, 6) is 2.13. The van der Waals surface area contributed by atoms with E-state index in [1.54, 1.807) is 6.92 Å². The molecule has 3 nitrogen and oxygen atoms in total. The minimum atomic E-state index is -0.155. The van der Waals surface area contributed by atoms with Crippen LogP contribution in [0.4, 0.5) is 0 Å². The SMILES string of the molecule is CC(=O)N[C@@]1(C)C2CC[C@@]3(C)N=C(CCl)C1CC3C2. The Hall–Kier alpha value is -0.570. The summed E-state index contributed by atoms with van der Waals surface area (Å²) in [6.07, 6.45) is 4.63. The van der Waals surface area contributed by atoms with Gasteiger partial charge in [-0.15, -0.1) is 11.6 Å². The predicted molar refractivity (Wildman–Crippen MR) is 77.7 cm³/mol. The normalized spacial score (nSPS) is 47.8. The van der Waals surface area contributed by atoms with Crippen LogP contribution in [0.3, 0.4) is 0 Å². The van der Waals surface area contributed by atoms with E-state index in [0.717, 1.165) is 18.6 Å². The zero-order valence-electron chi connectivity index (χ0n) is 12.0.